The van der Waals surface area contributed by atoms with Crippen LogP contribution < -0.4 is 14.8 Å². The Labute approximate surface area is 176 Å². The van der Waals surface area contributed by atoms with Crippen LogP contribution in [0.5, 0.6) is 11.5 Å². The van der Waals surface area contributed by atoms with Gasteiger partial charge >= 0.3 is 0 Å². The number of aromatic nitrogens is 3. The van der Waals surface area contributed by atoms with E-state index in [0.717, 1.165) is 53.8 Å². The highest BCUT2D eigenvalue weighted by molar-refractivity contribution is 7.72. The van der Waals surface area contributed by atoms with Gasteiger partial charge in [0, 0.05) is 54.1 Å². The second kappa shape index (κ2) is 8.88. The number of ether oxygens (including phenoxy) is 2. The lowest BCUT2D eigenvalue weighted by Gasteiger charge is -2.30. The number of fused-ring (bicyclic) bond motifs is 1. The van der Waals surface area contributed by atoms with Crippen molar-refractivity contribution in [2.24, 2.45) is 0 Å². The summed E-state index contributed by atoms with van der Waals surface area (Å²) in [4.78, 5) is 14.3. The second-order valence-corrected chi connectivity index (χ2v) is 8.18. The Bertz CT molecular complexity index is 1100. The van der Waals surface area contributed by atoms with E-state index in [1.54, 1.807) is 20.4 Å². The molecule has 0 radical (unpaired) electrons. The second-order valence-electron chi connectivity index (χ2n) is 7.24. The summed E-state index contributed by atoms with van der Waals surface area (Å²) in [6.07, 6.45) is 5.40. The zero-order chi connectivity index (χ0) is 21.1. The van der Waals surface area contributed by atoms with Crippen LogP contribution in [0.4, 0.5) is 5.95 Å². The monoisotopic (exact) mass is 431 g/mol. The molecule has 160 valence electrons. The van der Waals surface area contributed by atoms with Gasteiger partial charge in [-0.1, -0.05) is 0 Å². The van der Waals surface area contributed by atoms with Gasteiger partial charge in [0.25, 0.3) is 0 Å². The summed E-state index contributed by atoms with van der Waals surface area (Å²) in [5.41, 5.74) is 2.62. The van der Waals surface area contributed by atoms with Crippen LogP contribution in [0.1, 0.15) is 12.8 Å². The molecule has 0 atom stereocenters. The maximum absolute atomic E-state index is 10.9. The predicted molar refractivity (Wildman–Crippen MR) is 116 cm³/mol. The molecule has 10 heteroatoms. The number of likely N-dealkylation sites (tertiary alicyclic amines) is 1. The molecule has 1 saturated heterocycles. The molecule has 0 amide bonds. The van der Waals surface area contributed by atoms with Gasteiger partial charge in [0.15, 0.2) is 10.7 Å². The number of aromatic amines is 1. The number of methoxy groups -OCH3 is 2. The fourth-order valence-corrected chi connectivity index (χ4v) is 4.39. The van der Waals surface area contributed by atoms with E-state index >= 15 is 0 Å². The fraction of sp³-hybridized carbons (Fsp3) is 0.400. The predicted octanol–water partition coefficient (Wildman–Crippen LogP) is 2.09. The molecule has 9 nitrogen and oxygen atoms in total. The van der Waals surface area contributed by atoms with Gasteiger partial charge in [-0.3, -0.25) is 4.90 Å². The first-order valence-electron chi connectivity index (χ1n) is 9.74. The van der Waals surface area contributed by atoms with Crippen LogP contribution in [0.15, 0.2) is 30.6 Å². The number of nitrogens with one attached hydrogen (secondary N) is 2. The van der Waals surface area contributed by atoms with E-state index in [4.69, 9.17) is 9.47 Å². The van der Waals surface area contributed by atoms with Crippen LogP contribution in [-0.4, -0.2) is 67.5 Å². The molecule has 1 aliphatic heterocycles. The smallest absolute Gasteiger partial charge is 0.224 e. The Hall–Kier alpha value is -2.85. The number of rotatable bonds is 7. The van der Waals surface area contributed by atoms with Gasteiger partial charge in [0.05, 0.1) is 20.1 Å². The molecule has 0 bridgehead atoms. The van der Waals surface area contributed by atoms with Crippen molar-refractivity contribution in [1.82, 2.24) is 19.9 Å². The van der Waals surface area contributed by atoms with Gasteiger partial charge in [-0.05, 0) is 25.0 Å². The number of anilines is 1. The number of hydrogen-bond donors (Lipinski definition) is 3. The van der Waals surface area contributed by atoms with Crippen molar-refractivity contribution in [3.05, 3.63) is 30.6 Å². The zero-order valence-corrected chi connectivity index (χ0v) is 17.8. The van der Waals surface area contributed by atoms with Crippen LogP contribution in [0, 0.1) is 0 Å². The number of hydrogen-bond acceptors (Lipinski definition) is 8. The number of H-pyrrole nitrogens is 1. The van der Waals surface area contributed by atoms with Gasteiger partial charge in [0.2, 0.25) is 5.95 Å². The Kier molecular flexibility index (Phi) is 6.05. The lowest BCUT2D eigenvalue weighted by molar-refractivity contribution is 0.250. The van der Waals surface area contributed by atoms with Gasteiger partial charge in [0.1, 0.15) is 17.1 Å². The molecule has 0 unspecified atom stereocenters. The maximum Gasteiger partial charge on any atom is 0.224 e. The van der Waals surface area contributed by atoms with Crippen LogP contribution >= 0.6 is 0 Å². The normalized spacial score (nSPS) is 15.6. The quantitative estimate of drug-likeness (QED) is 0.488. The Morgan fingerprint density at radius 3 is 2.70 bits per heavy atom. The average molecular weight is 432 g/mol. The Morgan fingerprint density at radius 2 is 2.00 bits per heavy atom. The molecule has 2 N–H and O–H groups in total. The van der Waals surface area contributed by atoms with Gasteiger partial charge in [-0.15, -0.1) is 0 Å². The highest BCUT2D eigenvalue weighted by Crippen LogP contribution is 2.36. The van der Waals surface area contributed by atoms with Gasteiger partial charge in [-0.25, -0.2) is 13.4 Å². The summed E-state index contributed by atoms with van der Waals surface area (Å²) in [5.74, 6) is 2.13. The molecule has 3 heterocycles. The van der Waals surface area contributed by atoms with E-state index in [0.29, 0.717) is 11.7 Å². The summed E-state index contributed by atoms with van der Waals surface area (Å²) >= 11 is 0. The molecule has 4 rings (SSSR count). The van der Waals surface area contributed by atoms with Crippen molar-refractivity contribution in [2.75, 3.05) is 38.5 Å². The van der Waals surface area contributed by atoms with E-state index in [1.165, 1.54) is 0 Å². The highest BCUT2D eigenvalue weighted by atomic mass is 32.2. The Balaban J connectivity index is 1.51. The van der Waals surface area contributed by atoms with Crippen LogP contribution in [0.3, 0.4) is 0 Å². The standard InChI is InChI=1S/C20H25N5O4S/c1-28-14-3-4-15(18(9-14)29-2)16-10-21-19-17(16)11-22-20(24-19)23-13-5-7-25(8-6-13)12-30(26)27/h3-4,9-11,13,30H,5-8,12H2,1-2H3,(H2,21,22,23,24). The summed E-state index contributed by atoms with van der Waals surface area (Å²) < 4.78 is 32.6. The Morgan fingerprint density at radius 1 is 1.20 bits per heavy atom. The molecule has 0 saturated carbocycles. The summed E-state index contributed by atoms with van der Waals surface area (Å²) in [6, 6.07) is 5.92. The van der Waals surface area contributed by atoms with E-state index in [1.807, 2.05) is 29.3 Å². The minimum atomic E-state index is -2.37. The lowest BCUT2D eigenvalue weighted by Crippen LogP contribution is -2.40. The van der Waals surface area contributed by atoms with Crippen molar-refractivity contribution in [2.45, 2.75) is 18.9 Å². The topological polar surface area (TPSA) is 109 Å². The molecule has 1 aliphatic rings. The molecule has 2 aromatic heterocycles. The number of piperidine rings is 1. The third-order valence-electron chi connectivity index (χ3n) is 5.37. The minimum absolute atomic E-state index is 0.130. The number of benzene rings is 1. The van der Waals surface area contributed by atoms with E-state index in [9.17, 15) is 8.42 Å². The van der Waals surface area contributed by atoms with Crippen molar-refractivity contribution < 1.29 is 17.9 Å². The molecule has 30 heavy (non-hydrogen) atoms. The van der Waals surface area contributed by atoms with E-state index in [2.05, 4.69) is 20.3 Å². The summed E-state index contributed by atoms with van der Waals surface area (Å²) in [6.45, 7) is 1.49. The number of thiol groups is 1. The van der Waals surface area contributed by atoms with Crippen molar-refractivity contribution in [3.63, 3.8) is 0 Å². The molecule has 0 aliphatic carbocycles. The zero-order valence-electron chi connectivity index (χ0n) is 16.9. The SMILES string of the molecule is COc1ccc(-c2c[nH]c3nc(NC4CCN(C[SH](=O)=O)CC4)ncc23)c(OC)c1. The van der Waals surface area contributed by atoms with Gasteiger partial charge < -0.3 is 19.8 Å². The summed E-state index contributed by atoms with van der Waals surface area (Å²) in [5, 5.41) is 4.27. The van der Waals surface area contributed by atoms with Gasteiger partial charge in [-0.2, -0.15) is 4.98 Å². The largest absolute Gasteiger partial charge is 0.497 e. The highest BCUT2D eigenvalue weighted by Gasteiger charge is 2.20. The molecule has 0 spiro atoms. The lowest BCUT2D eigenvalue weighted by atomic mass is 10.1. The van der Waals surface area contributed by atoms with Crippen molar-refractivity contribution in [3.8, 4) is 22.6 Å². The third kappa shape index (κ3) is 4.34. The molecule has 1 fully saturated rings. The molecule has 1 aromatic carbocycles. The first kappa shape index (κ1) is 20.4. The van der Waals surface area contributed by atoms with E-state index in [-0.39, 0.29) is 11.9 Å². The summed E-state index contributed by atoms with van der Waals surface area (Å²) in [7, 11) is 0.885. The average Bonchev–Trinajstić information content (AvgIpc) is 3.17. The molecule has 3 aromatic rings. The minimum Gasteiger partial charge on any atom is -0.497 e. The van der Waals surface area contributed by atoms with Crippen LogP contribution in [0.25, 0.3) is 22.2 Å². The van der Waals surface area contributed by atoms with Crippen molar-refractivity contribution >= 4 is 27.7 Å². The van der Waals surface area contributed by atoms with E-state index < -0.39 is 10.7 Å². The number of nitrogens with zero attached hydrogens (tertiary/aromatic N) is 3. The third-order valence-corrected chi connectivity index (χ3v) is 6.00. The van der Waals surface area contributed by atoms with Crippen molar-refractivity contribution in [1.29, 1.82) is 0 Å². The van der Waals surface area contributed by atoms with Crippen LogP contribution in [-0.2, 0) is 10.7 Å². The van der Waals surface area contributed by atoms with Crippen LogP contribution in [0.2, 0.25) is 0 Å². The fourth-order valence-electron chi connectivity index (χ4n) is 3.79. The maximum atomic E-state index is 10.9. The first-order valence-corrected chi connectivity index (χ1v) is 11.1. The molecular weight excluding hydrogens is 406 g/mol. The molecular formula is C20H25N5O4S. The first-order chi connectivity index (χ1) is 14.6.